The zero-order valence-electron chi connectivity index (χ0n) is 17.5. The number of ether oxygens (including phenoxy) is 2. The van der Waals surface area contributed by atoms with Crippen LogP contribution in [0.25, 0.3) is 0 Å². The van der Waals surface area contributed by atoms with Crippen molar-refractivity contribution in [3.8, 4) is 5.75 Å². The van der Waals surface area contributed by atoms with Crippen molar-refractivity contribution in [3.63, 3.8) is 0 Å². The van der Waals surface area contributed by atoms with Crippen molar-refractivity contribution in [1.82, 2.24) is 9.88 Å². The Morgan fingerprint density at radius 2 is 2.07 bits per heavy atom. The van der Waals surface area contributed by atoms with Crippen LogP contribution in [0.4, 0.5) is 5.69 Å². The molecule has 3 aliphatic heterocycles. The van der Waals surface area contributed by atoms with E-state index in [0.717, 1.165) is 49.5 Å². The molecule has 0 saturated carbocycles. The van der Waals surface area contributed by atoms with Gasteiger partial charge in [0.1, 0.15) is 11.8 Å². The van der Waals surface area contributed by atoms with Crippen molar-refractivity contribution < 1.29 is 9.47 Å². The van der Waals surface area contributed by atoms with Gasteiger partial charge in [-0.25, -0.2) is 0 Å². The lowest BCUT2D eigenvalue weighted by atomic mass is 9.95. The molecule has 6 nitrogen and oxygen atoms in total. The largest absolute Gasteiger partial charge is 0.493 e. The predicted octanol–water partition coefficient (Wildman–Crippen LogP) is 3.91. The summed E-state index contributed by atoms with van der Waals surface area (Å²) in [7, 11) is 0. The van der Waals surface area contributed by atoms with Crippen molar-refractivity contribution in [2.75, 3.05) is 44.4 Å². The maximum atomic E-state index is 6.18. The van der Waals surface area contributed by atoms with Crippen molar-refractivity contribution in [2.24, 2.45) is 4.99 Å². The van der Waals surface area contributed by atoms with Crippen LogP contribution in [0, 0.1) is 0 Å². The van der Waals surface area contributed by atoms with Crippen LogP contribution in [0.3, 0.4) is 0 Å². The van der Waals surface area contributed by atoms with E-state index in [-0.39, 0.29) is 12.1 Å². The average Bonchev–Trinajstić information content (AvgIpc) is 3.31. The third-order valence-electron chi connectivity index (χ3n) is 5.87. The minimum absolute atomic E-state index is 0.0188. The number of benzene rings is 1. The molecule has 158 valence electrons. The molecule has 4 heterocycles. The van der Waals surface area contributed by atoms with Gasteiger partial charge in [-0.3, -0.25) is 9.98 Å². The summed E-state index contributed by atoms with van der Waals surface area (Å²) in [6, 6.07) is 12.8. The van der Waals surface area contributed by atoms with Crippen molar-refractivity contribution >= 4 is 22.6 Å². The third kappa shape index (κ3) is 3.65. The van der Waals surface area contributed by atoms with Crippen LogP contribution < -0.4 is 9.64 Å². The van der Waals surface area contributed by atoms with E-state index in [1.165, 1.54) is 11.3 Å². The quantitative estimate of drug-likeness (QED) is 0.726. The highest BCUT2D eigenvalue weighted by molar-refractivity contribution is 8.14. The van der Waals surface area contributed by atoms with E-state index in [2.05, 4.69) is 46.0 Å². The Morgan fingerprint density at radius 1 is 1.20 bits per heavy atom. The number of anilines is 1. The van der Waals surface area contributed by atoms with Gasteiger partial charge in [-0.15, -0.1) is 0 Å². The molecule has 0 bridgehead atoms. The van der Waals surface area contributed by atoms with Gasteiger partial charge in [-0.2, -0.15) is 0 Å². The van der Waals surface area contributed by atoms with Crippen LogP contribution in [0.5, 0.6) is 5.75 Å². The van der Waals surface area contributed by atoms with Gasteiger partial charge in [0.15, 0.2) is 5.17 Å². The highest BCUT2D eigenvalue weighted by atomic mass is 32.2. The molecule has 0 N–H and O–H groups in total. The van der Waals surface area contributed by atoms with Crippen LogP contribution in [-0.4, -0.2) is 59.8 Å². The van der Waals surface area contributed by atoms with E-state index in [1.54, 1.807) is 0 Å². The molecular weight excluding hydrogens is 396 g/mol. The van der Waals surface area contributed by atoms with E-state index in [1.807, 2.05) is 37.0 Å². The van der Waals surface area contributed by atoms with Crippen molar-refractivity contribution in [3.05, 3.63) is 53.9 Å². The van der Waals surface area contributed by atoms with Gasteiger partial charge in [0.25, 0.3) is 0 Å². The predicted molar refractivity (Wildman–Crippen MR) is 122 cm³/mol. The molecule has 1 aromatic heterocycles. The number of fused-ring (bicyclic) bond motifs is 1. The van der Waals surface area contributed by atoms with E-state index in [9.17, 15) is 0 Å². The number of nitrogens with zero attached hydrogens (tertiary/aromatic N) is 4. The normalized spacial score (nSPS) is 25.9. The second-order valence-electron chi connectivity index (χ2n) is 7.89. The topological polar surface area (TPSA) is 50.2 Å². The fourth-order valence-corrected chi connectivity index (χ4v) is 5.61. The molecule has 30 heavy (non-hydrogen) atoms. The lowest BCUT2D eigenvalue weighted by Gasteiger charge is -2.32. The minimum Gasteiger partial charge on any atom is -0.493 e. The highest BCUT2D eigenvalue weighted by Crippen LogP contribution is 2.50. The summed E-state index contributed by atoms with van der Waals surface area (Å²) < 4.78 is 11.7. The van der Waals surface area contributed by atoms with Gasteiger partial charge in [0, 0.05) is 48.4 Å². The first-order valence-electron chi connectivity index (χ1n) is 10.8. The standard InChI is InChI=1S/C23H28N4O2S/c1-3-29-20-14-17(26-10-12-28-13-11-26)7-8-18(20)22-21(19-6-4-5-9-24-19)25-23-27(22)15-16(2)30-23/h4-9,14,16,21-22H,3,10-13,15H2,1-2H3/t16-,21-,22+/m0/s1. The molecule has 0 unspecified atom stereocenters. The van der Waals surface area contributed by atoms with Gasteiger partial charge in [-0.1, -0.05) is 30.8 Å². The van der Waals surface area contributed by atoms with E-state index in [0.29, 0.717) is 11.9 Å². The Kier molecular flexibility index (Phi) is 5.56. The molecular formula is C23H28N4O2S. The lowest BCUT2D eigenvalue weighted by Crippen LogP contribution is -2.36. The fourth-order valence-electron chi connectivity index (χ4n) is 4.52. The third-order valence-corrected chi connectivity index (χ3v) is 6.98. The van der Waals surface area contributed by atoms with Crippen molar-refractivity contribution in [1.29, 1.82) is 0 Å². The first kappa shape index (κ1) is 19.7. The molecule has 2 saturated heterocycles. The molecule has 3 atom stereocenters. The lowest BCUT2D eigenvalue weighted by molar-refractivity contribution is 0.122. The number of rotatable bonds is 5. The van der Waals surface area contributed by atoms with Gasteiger partial charge < -0.3 is 19.3 Å². The van der Waals surface area contributed by atoms with Gasteiger partial charge in [-0.05, 0) is 25.1 Å². The molecule has 2 aromatic rings. The number of morpholine rings is 1. The van der Waals surface area contributed by atoms with Gasteiger partial charge in [0.05, 0.1) is 31.6 Å². The van der Waals surface area contributed by atoms with Crippen LogP contribution in [0.1, 0.15) is 37.2 Å². The van der Waals surface area contributed by atoms with E-state index < -0.39 is 0 Å². The van der Waals surface area contributed by atoms with Crippen LogP contribution in [-0.2, 0) is 4.74 Å². The second-order valence-corrected chi connectivity index (χ2v) is 9.30. The summed E-state index contributed by atoms with van der Waals surface area (Å²) in [5, 5.41) is 1.67. The number of pyridine rings is 1. The average molecular weight is 425 g/mol. The number of aromatic nitrogens is 1. The molecule has 0 amide bonds. The Hall–Kier alpha value is -2.25. The summed E-state index contributed by atoms with van der Waals surface area (Å²) in [4.78, 5) is 14.6. The first-order chi connectivity index (χ1) is 14.7. The summed E-state index contributed by atoms with van der Waals surface area (Å²) in [5.41, 5.74) is 3.40. The number of amidine groups is 1. The molecule has 0 aliphatic carbocycles. The van der Waals surface area contributed by atoms with E-state index >= 15 is 0 Å². The summed E-state index contributed by atoms with van der Waals surface area (Å²) >= 11 is 1.86. The summed E-state index contributed by atoms with van der Waals surface area (Å²) in [6.45, 7) is 9.33. The zero-order valence-corrected chi connectivity index (χ0v) is 18.3. The number of aliphatic imine (C=N–C) groups is 1. The number of hydrogen-bond donors (Lipinski definition) is 0. The zero-order chi connectivity index (χ0) is 20.5. The van der Waals surface area contributed by atoms with Crippen LogP contribution in [0.2, 0.25) is 0 Å². The monoisotopic (exact) mass is 424 g/mol. The van der Waals surface area contributed by atoms with Gasteiger partial charge >= 0.3 is 0 Å². The SMILES string of the molecule is CCOc1cc(N2CCOCC2)ccc1[C@@H]1[C@H](c2ccccn2)N=C2S[C@@H](C)CN21. The molecule has 0 radical (unpaired) electrons. The Balaban J connectivity index is 1.54. The molecule has 3 aliphatic rings. The van der Waals surface area contributed by atoms with E-state index in [4.69, 9.17) is 14.5 Å². The maximum absolute atomic E-state index is 6.18. The Bertz CT molecular complexity index is 917. The second kappa shape index (κ2) is 8.47. The fraction of sp³-hybridized carbons (Fsp3) is 0.478. The Labute approximate surface area is 182 Å². The molecule has 5 rings (SSSR count). The molecule has 0 spiro atoms. The summed E-state index contributed by atoms with van der Waals surface area (Å²) in [6.07, 6.45) is 1.86. The van der Waals surface area contributed by atoms with Gasteiger partial charge in [0.2, 0.25) is 0 Å². The summed E-state index contributed by atoms with van der Waals surface area (Å²) in [5.74, 6) is 0.952. The smallest absolute Gasteiger partial charge is 0.160 e. The highest BCUT2D eigenvalue weighted by Gasteiger charge is 2.44. The number of thioether (sulfide) groups is 1. The van der Waals surface area contributed by atoms with Crippen molar-refractivity contribution in [2.45, 2.75) is 31.2 Å². The molecule has 1 aromatic carbocycles. The molecule has 2 fully saturated rings. The minimum atomic E-state index is -0.0188. The Morgan fingerprint density at radius 3 is 2.83 bits per heavy atom. The van der Waals surface area contributed by atoms with Crippen LogP contribution in [0.15, 0.2) is 47.6 Å². The molecule has 7 heteroatoms. The maximum Gasteiger partial charge on any atom is 0.160 e. The first-order valence-corrected chi connectivity index (χ1v) is 11.6. The number of hydrogen-bond acceptors (Lipinski definition) is 7. The van der Waals surface area contributed by atoms with Crippen LogP contribution >= 0.6 is 11.8 Å².